The van der Waals surface area contributed by atoms with E-state index in [1.807, 2.05) is 0 Å². The number of carboxylic acids is 1. The molecule has 1 amide bonds. The summed E-state index contributed by atoms with van der Waals surface area (Å²) in [5.41, 5.74) is 1.53. The van der Waals surface area contributed by atoms with Crippen LogP contribution in [0.1, 0.15) is 40.2 Å². The minimum absolute atomic E-state index is 0.127. The number of hydrogen-bond acceptors (Lipinski definition) is 3. The summed E-state index contributed by atoms with van der Waals surface area (Å²) in [6, 6.07) is 4.64. The van der Waals surface area contributed by atoms with Gasteiger partial charge in [-0.2, -0.15) is 0 Å². The Morgan fingerprint density at radius 1 is 1.35 bits per heavy atom. The summed E-state index contributed by atoms with van der Waals surface area (Å²) >= 11 is 12.0. The molecule has 1 atom stereocenters. The van der Waals surface area contributed by atoms with Crippen molar-refractivity contribution in [3.05, 3.63) is 57.0 Å². The highest BCUT2D eigenvalue weighted by Crippen LogP contribution is 2.27. The molecule has 23 heavy (non-hydrogen) atoms. The molecule has 2 N–H and O–H groups in total. The molecule has 0 saturated heterocycles. The summed E-state index contributed by atoms with van der Waals surface area (Å²) < 4.78 is 5.17. The fraction of sp³-hybridized carbons (Fsp3) is 0.250. The van der Waals surface area contributed by atoms with Crippen LogP contribution in [-0.2, 0) is 11.2 Å². The topological polar surface area (TPSA) is 79.5 Å². The lowest BCUT2D eigenvalue weighted by Gasteiger charge is -2.16. The predicted molar refractivity (Wildman–Crippen MR) is 87.1 cm³/mol. The van der Waals surface area contributed by atoms with Gasteiger partial charge in [-0.05, 0) is 31.5 Å². The van der Waals surface area contributed by atoms with Crippen LogP contribution in [0.4, 0.5) is 0 Å². The number of nitrogens with one attached hydrogen (secondary N) is 1. The van der Waals surface area contributed by atoms with Gasteiger partial charge in [-0.25, -0.2) is 0 Å². The number of carbonyl (C=O) groups excluding carboxylic acids is 1. The number of amides is 1. The van der Waals surface area contributed by atoms with Crippen molar-refractivity contribution in [2.24, 2.45) is 0 Å². The molecule has 2 aromatic rings. The number of aryl methyl sites for hydroxylation is 1. The Bertz CT molecular complexity index is 755. The van der Waals surface area contributed by atoms with Crippen molar-refractivity contribution >= 4 is 35.1 Å². The summed E-state index contributed by atoms with van der Waals surface area (Å²) in [5, 5.41) is 12.6. The molecule has 1 unspecified atom stereocenters. The largest absolute Gasteiger partial charge is 0.481 e. The summed E-state index contributed by atoms with van der Waals surface area (Å²) in [5.74, 6) is -1.35. The molecule has 0 spiro atoms. The van der Waals surface area contributed by atoms with E-state index in [4.69, 9.17) is 32.7 Å². The second-order valence-electron chi connectivity index (χ2n) is 5.15. The Balaban J connectivity index is 2.22. The molecule has 7 heteroatoms. The van der Waals surface area contributed by atoms with Crippen LogP contribution in [0.2, 0.25) is 10.0 Å². The zero-order valence-corrected chi connectivity index (χ0v) is 14.0. The zero-order valence-electron chi connectivity index (χ0n) is 12.5. The number of benzene rings is 1. The average molecular weight is 356 g/mol. The molecular weight excluding hydrogens is 341 g/mol. The molecule has 1 aromatic carbocycles. The maximum Gasteiger partial charge on any atom is 0.311 e. The number of hydrogen-bond donors (Lipinski definition) is 2. The summed E-state index contributed by atoms with van der Waals surface area (Å²) in [4.78, 5) is 23.3. The third-order valence-electron chi connectivity index (χ3n) is 3.37. The Kier molecular flexibility index (Phi) is 5.34. The van der Waals surface area contributed by atoms with Gasteiger partial charge in [0.15, 0.2) is 0 Å². The zero-order chi connectivity index (χ0) is 17.1. The first kappa shape index (κ1) is 17.4. The molecular formula is C16H15Cl2NO4. The number of aliphatic carboxylic acids is 1. The van der Waals surface area contributed by atoms with Crippen molar-refractivity contribution in [3.8, 4) is 0 Å². The smallest absolute Gasteiger partial charge is 0.311 e. The second-order valence-corrected chi connectivity index (χ2v) is 5.99. The highest BCUT2D eigenvalue weighted by Gasteiger charge is 2.22. The Morgan fingerprint density at radius 2 is 2.04 bits per heavy atom. The quantitative estimate of drug-likeness (QED) is 0.848. The summed E-state index contributed by atoms with van der Waals surface area (Å²) in [6.45, 7) is 3.46. The molecule has 122 valence electrons. The molecule has 5 nitrogen and oxygen atoms in total. The van der Waals surface area contributed by atoms with Crippen molar-refractivity contribution in [2.45, 2.75) is 26.3 Å². The van der Waals surface area contributed by atoms with E-state index < -0.39 is 11.9 Å². The van der Waals surface area contributed by atoms with Gasteiger partial charge < -0.3 is 14.8 Å². The fourth-order valence-corrected chi connectivity index (χ4v) is 2.84. The lowest BCUT2D eigenvalue weighted by atomic mass is 10.1. The van der Waals surface area contributed by atoms with Crippen LogP contribution in [0.15, 0.2) is 28.9 Å². The maximum atomic E-state index is 12.5. The fourth-order valence-electron chi connectivity index (χ4n) is 2.27. The molecule has 0 saturated carbocycles. The van der Waals surface area contributed by atoms with Gasteiger partial charge >= 0.3 is 5.97 Å². The Labute approximate surface area is 143 Å². The first-order chi connectivity index (χ1) is 10.8. The Hall–Kier alpha value is -1.98. The van der Waals surface area contributed by atoms with Crippen LogP contribution in [0.25, 0.3) is 0 Å². The molecule has 2 rings (SSSR count). The molecule has 1 heterocycles. The molecule has 0 radical (unpaired) electrons. The van der Waals surface area contributed by atoms with E-state index in [2.05, 4.69) is 5.32 Å². The van der Waals surface area contributed by atoms with Crippen LogP contribution in [0.5, 0.6) is 0 Å². The normalized spacial score (nSPS) is 12.0. The van der Waals surface area contributed by atoms with Gasteiger partial charge in [0.05, 0.1) is 17.9 Å². The van der Waals surface area contributed by atoms with Gasteiger partial charge in [0, 0.05) is 15.6 Å². The number of carboxylic acid groups (broad SMARTS) is 1. The summed E-state index contributed by atoms with van der Waals surface area (Å²) in [7, 11) is 0. The maximum absolute atomic E-state index is 12.5. The van der Waals surface area contributed by atoms with E-state index in [-0.39, 0.29) is 23.8 Å². The number of rotatable bonds is 5. The minimum atomic E-state index is -1.07. The SMILES string of the molecule is Cc1coc(CC(=O)O)c1C(=O)NC(C)c1ccc(Cl)cc1Cl. The van der Waals surface area contributed by atoms with Crippen molar-refractivity contribution in [2.75, 3.05) is 0 Å². The highest BCUT2D eigenvalue weighted by molar-refractivity contribution is 6.35. The molecule has 0 bridgehead atoms. The third-order valence-corrected chi connectivity index (χ3v) is 3.93. The van der Waals surface area contributed by atoms with Gasteiger partial charge in [0.25, 0.3) is 5.91 Å². The van der Waals surface area contributed by atoms with Gasteiger partial charge in [0.2, 0.25) is 0 Å². The van der Waals surface area contributed by atoms with Crippen LogP contribution < -0.4 is 5.32 Å². The summed E-state index contributed by atoms with van der Waals surface area (Å²) in [6.07, 6.45) is 1.01. The second kappa shape index (κ2) is 7.06. The highest BCUT2D eigenvalue weighted by atomic mass is 35.5. The van der Waals surface area contributed by atoms with Crippen LogP contribution in [0, 0.1) is 6.92 Å². The van der Waals surface area contributed by atoms with E-state index in [1.54, 1.807) is 32.0 Å². The van der Waals surface area contributed by atoms with E-state index >= 15 is 0 Å². The lowest BCUT2D eigenvalue weighted by molar-refractivity contribution is -0.136. The molecule has 0 aliphatic rings. The van der Waals surface area contributed by atoms with Crippen LogP contribution in [-0.4, -0.2) is 17.0 Å². The van der Waals surface area contributed by atoms with Crippen molar-refractivity contribution < 1.29 is 19.1 Å². The first-order valence-electron chi connectivity index (χ1n) is 6.84. The van der Waals surface area contributed by atoms with Crippen molar-refractivity contribution in [3.63, 3.8) is 0 Å². The van der Waals surface area contributed by atoms with Crippen LogP contribution >= 0.6 is 23.2 Å². The molecule has 0 fully saturated rings. The van der Waals surface area contributed by atoms with Gasteiger partial charge in [-0.15, -0.1) is 0 Å². The number of carbonyl (C=O) groups is 2. The third kappa shape index (κ3) is 4.06. The van der Waals surface area contributed by atoms with Crippen LogP contribution in [0.3, 0.4) is 0 Å². The van der Waals surface area contributed by atoms with Gasteiger partial charge in [0.1, 0.15) is 12.2 Å². The monoisotopic (exact) mass is 355 g/mol. The lowest BCUT2D eigenvalue weighted by Crippen LogP contribution is -2.28. The van der Waals surface area contributed by atoms with E-state index in [1.165, 1.54) is 6.26 Å². The average Bonchev–Trinajstić information content (AvgIpc) is 2.78. The van der Waals surface area contributed by atoms with Gasteiger partial charge in [-0.3, -0.25) is 9.59 Å². The van der Waals surface area contributed by atoms with Crippen molar-refractivity contribution in [1.82, 2.24) is 5.32 Å². The first-order valence-corrected chi connectivity index (χ1v) is 7.59. The molecule has 0 aliphatic carbocycles. The Morgan fingerprint density at radius 3 is 2.65 bits per heavy atom. The van der Waals surface area contributed by atoms with Crippen molar-refractivity contribution in [1.29, 1.82) is 0 Å². The predicted octanol–water partition coefficient (Wildman–Crippen LogP) is 4.01. The van der Waals surface area contributed by atoms with E-state index in [9.17, 15) is 9.59 Å². The molecule has 0 aliphatic heterocycles. The number of halogens is 2. The minimum Gasteiger partial charge on any atom is -0.481 e. The van der Waals surface area contributed by atoms with E-state index in [0.29, 0.717) is 21.2 Å². The standard InChI is InChI=1S/C16H15Cl2NO4/c1-8-7-23-13(6-14(20)21)15(8)16(22)19-9(2)11-4-3-10(17)5-12(11)18/h3-5,7,9H,6H2,1-2H3,(H,19,22)(H,20,21). The van der Waals surface area contributed by atoms with Gasteiger partial charge in [-0.1, -0.05) is 29.3 Å². The molecule has 1 aromatic heterocycles. The van der Waals surface area contributed by atoms with E-state index in [0.717, 1.165) is 0 Å². The number of furan rings is 1.